The Labute approximate surface area is 180 Å². The van der Waals surface area contributed by atoms with Crippen molar-refractivity contribution in [2.75, 3.05) is 13.2 Å². The molecular weight excluding hydrogens is 419 g/mol. The monoisotopic (exact) mass is 438 g/mol. The smallest absolute Gasteiger partial charge is 0.343 e. The van der Waals surface area contributed by atoms with Crippen LogP contribution in [-0.4, -0.2) is 33.4 Å². The van der Waals surface area contributed by atoms with Crippen LogP contribution in [0.2, 0.25) is 0 Å². The number of ether oxygens (including phenoxy) is 2. The quantitative estimate of drug-likeness (QED) is 0.477. The number of aliphatic hydroxyl groups is 1. The third kappa shape index (κ3) is 2.29. The molecule has 32 heavy (non-hydrogen) atoms. The Morgan fingerprint density at radius 3 is 2.69 bits per heavy atom. The van der Waals surface area contributed by atoms with E-state index >= 15 is 0 Å². The van der Waals surface area contributed by atoms with Gasteiger partial charge in [-0.3, -0.25) is 9.59 Å². The summed E-state index contributed by atoms with van der Waals surface area (Å²) in [5, 5.41) is 11.2. The van der Waals surface area contributed by atoms with Gasteiger partial charge in [-0.1, -0.05) is 6.92 Å². The van der Waals surface area contributed by atoms with Crippen molar-refractivity contribution < 1.29 is 23.8 Å². The molecule has 3 aliphatic heterocycles. The maximum atomic E-state index is 14.1. The highest BCUT2D eigenvalue weighted by Gasteiger charge is 2.45. The molecular formula is C23H19FN2O6. The topological polar surface area (TPSA) is 99.8 Å². The minimum absolute atomic E-state index is 0.0150. The van der Waals surface area contributed by atoms with Crippen molar-refractivity contribution in [1.29, 1.82) is 0 Å². The summed E-state index contributed by atoms with van der Waals surface area (Å²) in [6.07, 6.45) is 0.0150. The normalized spacial score (nSPS) is 21.7. The molecule has 1 fully saturated rings. The van der Waals surface area contributed by atoms with Crippen molar-refractivity contribution >= 4 is 16.9 Å². The number of hydrogen-bond donors (Lipinski definition) is 1. The van der Waals surface area contributed by atoms with Gasteiger partial charge in [0.15, 0.2) is 11.0 Å². The predicted octanol–water partition coefficient (Wildman–Crippen LogP) is 1.56. The van der Waals surface area contributed by atoms with Crippen LogP contribution in [0.25, 0.3) is 22.2 Å². The first kappa shape index (κ1) is 19.4. The zero-order chi connectivity index (χ0) is 22.4. The lowest BCUT2D eigenvalue weighted by atomic mass is 9.85. The molecule has 9 heteroatoms. The highest BCUT2D eigenvalue weighted by molar-refractivity contribution is 5.88. The molecule has 1 saturated heterocycles. The molecule has 1 aromatic carbocycles. The summed E-state index contributed by atoms with van der Waals surface area (Å²) < 4.78 is 27.9. The van der Waals surface area contributed by atoms with Gasteiger partial charge in [0.25, 0.3) is 5.56 Å². The van der Waals surface area contributed by atoms with Crippen molar-refractivity contribution in [2.45, 2.75) is 38.1 Å². The average Bonchev–Trinajstić information content (AvgIpc) is 3.13. The molecule has 0 radical (unpaired) electrons. The summed E-state index contributed by atoms with van der Waals surface area (Å²) in [4.78, 5) is 39.2. The van der Waals surface area contributed by atoms with Crippen molar-refractivity contribution in [1.82, 2.24) is 9.13 Å². The van der Waals surface area contributed by atoms with Gasteiger partial charge >= 0.3 is 5.97 Å². The van der Waals surface area contributed by atoms with E-state index < -0.39 is 28.4 Å². The molecule has 1 atom stereocenters. The van der Waals surface area contributed by atoms with Gasteiger partial charge in [-0.25, -0.2) is 9.18 Å². The number of cyclic esters (lactones) is 1. The number of fused-ring (bicyclic) bond motifs is 5. The van der Waals surface area contributed by atoms with Gasteiger partial charge in [0.2, 0.25) is 0 Å². The van der Waals surface area contributed by atoms with Gasteiger partial charge in [0.1, 0.15) is 12.4 Å². The number of hydrogen-bond acceptors (Lipinski definition) is 6. The summed E-state index contributed by atoms with van der Waals surface area (Å²) in [5.41, 5.74) is -0.595. The van der Waals surface area contributed by atoms with Gasteiger partial charge < -0.3 is 23.7 Å². The number of nitrogens with zero attached hydrogens (tertiary/aromatic N) is 2. The molecule has 164 valence electrons. The van der Waals surface area contributed by atoms with E-state index in [1.165, 1.54) is 16.7 Å². The van der Waals surface area contributed by atoms with Crippen LogP contribution in [0.4, 0.5) is 4.39 Å². The summed E-state index contributed by atoms with van der Waals surface area (Å²) in [5.74, 6) is -1.35. The van der Waals surface area contributed by atoms with Crippen molar-refractivity contribution in [3.8, 4) is 11.3 Å². The van der Waals surface area contributed by atoms with Crippen LogP contribution >= 0.6 is 0 Å². The molecule has 8 nitrogen and oxygen atoms in total. The van der Waals surface area contributed by atoms with Crippen molar-refractivity contribution in [2.24, 2.45) is 0 Å². The Hall–Kier alpha value is -3.30. The molecule has 1 N–H and O–H groups in total. The number of carbonyl (C=O) groups is 1. The third-order valence-corrected chi connectivity index (χ3v) is 6.86. The second-order valence-electron chi connectivity index (χ2n) is 8.48. The van der Waals surface area contributed by atoms with E-state index in [2.05, 4.69) is 0 Å². The van der Waals surface area contributed by atoms with E-state index in [0.29, 0.717) is 30.1 Å². The maximum Gasteiger partial charge on any atom is 0.343 e. The summed E-state index contributed by atoms with van der Waals surface area (Å²) in [7, 11) is 0. The first-order valence-corrected chi connectivity index (χ1v) is 10.5. The summed E-state index contributed by atoms with van der Waals surface area (Å²) >= 11 is 0. The highest BCUT2D eigenvalue weighted by atomic mass is 19.1. The molecule has 0 unspecified atom stereocenters. The summed E-state index contributed by atoms with van der Waals surface area (Å²) in [6.45, 7) is 2.42. The SMILES string of the molecule is CC[C@@]1(O)C(=O)OCc2c1cc1n(c2=O)Cc2c-1c(=O)c1cc(F)ccc1n2C1COC1. The lowest BCUT2D eigenvalue weighted by Crippen LogP contribution is -2.44. The third-order valence-electron chi connectivity index (χ3n) is 6.86. The van der Waals surface area contributed by atoms with E-state index in [9.17, 15) is 23.9 Å². The van der Waals surface area contributed by atoms with Gasteiger partial charge in [0.05, 0.1) is 53.8 Å². The fourth-order valence-electron chi connectivity index (χ4n) is 5.05. The number of carbonyl (C=O) groups excluding carboxylic acids is 1. The second kappa shape index (κ2) is 6.36. The Balaban J connectivity index is 1.72. The largest absolute Gasteiger partial charge is 0.458 e. The standard InChI is InChI=1S/C23H19FN2O6/c1-2-23(30)15-6-17-19-18(7-25(17)21(28)14(15)10-32-22(23)29)26(12-8-31-9-12)16-4-3-11(24)5-13(16)20(19)27/h3-6,12,30H,2,7-10H2,1H3/t23-/m0/s1. The second-order valence-corrected chi connectivity index (χ2v) is 8.48. The lowest BCUT2D eigenvalue weighted by molar-refractivity contribution is -0.172. The Morgan fingerprint density at radius 2 is 2.00 bits per heavy atom. The van der Waals surface area contributed by atoms with Crippen molar-refractivity contribution in [3.63, 3.8) is 0 Å². The Bertz CT molecular complexity index is 1470. The van der Waals surface area contributed by atoms with Gasteiger partial charge in [-0.15, -0.1) is 0 Å². The number of aromatic nitrogens is 2. The number of halogens is 1. The predicted molar refractivity (Wildman–Crippen MR) is 111 cm³/mol. The fraction of sp³-hybridized carbons (Fsp3) is 0.348. The molecule has 2 aromatic heterocycles. The molecule has 3 aliphatic rings. The van der Waals surface area contributed by atoms with Crippen LogP contribution in [0.1, 0.15) is 36.2 Å². The zero-order valence-electron chi connectivity index (χ0n) is 17.2. The zero-order valence-corrected chi connectivity index (χ0v) is 17.2. The van der Waals surface area contributed by atoms with E-state index in [0.717, 1.165) is 0 Å². The van der Waals surface area contributed by atoms with Crippen LogP contribution in [0.15, 0.2) is 33.9 Å². The van der Waals surface area contributed by atoms with Crippen LogP contribution in [0.5, 0.6) is 0 Å². The first-order chi connectivity index (χ1) is 15.3. The number of benzene rings is 1. The molecule has 0 amide bonds. The van der Waals surface area contributed by atoms with Crippen LogP contribution in [-0.2, 0) is 33.0 Å². The van der Waals surface area contributed by atoms with Gasteiger partial charge in [0, 0.05) is 10.9 Å². The van der Waals surface area contributed by atoms with Gasteiger partial charge in [-0.2, -0.15) is 0 Å². The molecule has 6 rings (SSSR count). The van der Waals surface area contributed by atoms with Crippen LogP contribution in [0.3, 0.4) is 0 Å². The minimum Gasteiger partial charge on any atom is -0.458 e. The molecule has 0 aliphatic carbocycles. The van der Waals surface area contributed by atoms with E-state index in [4.69, 9.17) is 9.47 Å². The van der Waals surface area contributed by atoms with E-state index in [-0.39, 0.29) is 47.7 Å². The summed E-state index contributed by atoms with van der Waals surface area (Å²) in [6, 6.07) is 5.58. The van der Waals surface area contributed by atoms with Crippen LogP contribution < -0.4 is 11.0 Å². The minimum atomic E-state index is -1.96. The van der Waals surface area contributed by atoms with Crippen molar-refractivity contribution in [3.05, 3.63) is 67.5 Å². The maximum absolute atomic E-state index is 14.1. The number of esters is 1. The molecule has 0 spiro atoms. The molecule has 0 saturated carbocycles. The fourth-order valence-corrected chi connectivity index (χ4v) is 5.05. The molecule has 3 aromatic rings. The Kier molecular flexibility index (Phi) is 3.86. The highest BCUT2D eigenvalue weighted by Crippen LogP contribution is 2.39. The van der Waals surface area contributed by atoms with Crippen LogP contribution in [0, 0.1) is 5.82 Å². The first-order valence-electron chi connectivity index (χ1n) is 10.5. The van der Waals surface area contributed by atoms with Gasteiger partial charge in [-0.05, 0) is 30.7 Å². The van der Waals surface area contributed by atoms with E-state index in [1.807, 2.05) is 4.57 Å². The Morgan fingerprint density at radius 1 is 1.22 bits per heavy atom. The molecule has 5 heterocycles. The number of pyridine rings is 2. The lowest BCUT2D eigenvalue weighted by Gasteiger charge is -2.32. The molecule has 0 bridgehead atoms. The van der Waals surface area contributed by atoms with E-state index in [1.54, 1.807) is 19.1 Å². The number of rotatable bonds is 2. The average molecular weight is 438 g/mol.